The summed E-state index contributed by atoms with van der Waals surface area (Å²) in [5.41, 5.74) is 0.276. The second kappa shape index (κ2) is 3.73. The van der Waals surface area contributed by atoms with Crippen molar-refractivity contribution in [1.82, 2.24) is 0 Å². The zero-order valence-corrected chi connectivity index (χ0v) is 8.90. The quantitative estimate of drug-likeness (QED) is 0.884. The van der Waals surface area contributed by atoms with Gasteiger partial charge in [-0.2, -0.15) is 0 Å². The molecule has 0 radical (unpaired) electrons. The van der Waals surface area contributed by atoms with Crippen molar-refractivity contribution < 1.29 is 12.8 Å². The Hall–Kier alpha value is -0.460. The van der Waals surface area contributed by atoms with Crippen LogP contribution in [0, 0.1) is 0 Å². The van der Waals surface area contributed by atoms with Crippen molar-refractivity contribution >= 4 is 26.0 Å². The molecule has 0 spiro atoms. The fraction of sp³-hybridized carbons (Fsp3) is 0.143. The standard InChI is InChI=1S/C7H7BrFNO2S/c8-6-1-5(4-9)2-7(3-6)13(10,11)12/h1-3H,4H2,(H2,10,11,12). The number of rotatable bonds is 2. The molecule has 72 valence electrons. The third-order valence-corrected chi connectivity index (χ3v) is 2.76. The molecule has 3 nitrogen and oxygen atoms in total. The van der Waals surface area contributed by atoms with E-state index in [1.165, 1.54) is 18.2 Å². The van der Waals surface area contributed by atoms with Gasteiger partial charge in [0, 0.05) is 4.47 Å². The summed E-state index contributed by atoms with van der Waals surface area (Å²) in [6, 6.07) is 4.03. The van der Waals surface area contributed by atoms with Crippen LogP contribution in [0.15, 0.2) is 27.6 Å². The summed E-state index contributed by atoms with van der Waals surface area (Å²) in [4.78, 5) is -0.0884. The summed E-state index contributed by atoms with van der Waals surface area (Å²) in [6.45, 7) is -0.720. The number of halogens is 2. The normalized spacial score (nSPS) is 11.6. The molecule has 0 fully saturated rings. The number of sulfonamides is 1. The van der Waals surface area contributed by atoms with Gasteiger partial charge in [0.2, 0.25) is 10.0 Å². The Labute approximate surface area is 83.9 Å². The summed E-state index contributed by atoms with van der Waals surface area (Å²) < 4.78 is 34.5. The molecule has 6 heteroatoms. The van der Waals surface area contributed by atoms with E-state index in [0.717, 1.165) is 0 Å². The van der Waals surface area contributed by atoms with Crippen molar-refractivity contribution in [3.05, 3.63) is 28.2 Å². The van der Waals surface area contributed by atoms with Gasteiger partial charge in [0.05, 0.1) is 4.90 Å². The molecule has 0 unspecified atom stereocenters. The van der Waals surface area contributed by atoms with Gasteiger partial charge in [0.15, 0.2) is 0 Å². The molecule has 1 rings (SSSR count). The van der Waals surface area contributed by atoms with E-state index in [2.05, 4.69) is 15.9 Å². The maximum atomic E-state index is 12.2. The Morgan fingerprint density at radius 1 is 1.38 bits per heavy atom. The molecule has 0 amide bonds. The fourth-order valence-corrected chi connectivity index (χ4v) is 2.16. The van der Waals surface area contributed by atoms with Gasteiger partial charge in [-0.3, -0.25) is 0 Å². The monoisotopic (exact) mass is 267 g/mol. The van der Waals surface area contributed by atoms with Crippen molar-refractivity contribution in [2.75, 3.05) is 0 Å². The lowest BCUT2D eigenvalue weighted by Gasteiger charge is -2.01. The Morgan fingerprint density at radius 3 is 2.46 bits per heavy atom. The number of nitrogens with two attached hydrogens (primary N) is 1. The number of benzene rings is 1. The lowest BCUT2D eigenvalue weighted by atomic mass is 10.2. The van der Waals surface area contributed by atoms with Crippen LogP contribution in [0.2, 0.25) is 0 Å². The molecular weight excluding hydrogens is 261 g/mol. The molecule has 1 aromatic rings. The summed E-state index contributed by atoms with van der Waals surface area (Å²) in [5.74, 6) is 0. The summed E-state index contributed by atoms with van der Waals surface area (Å²) in [5, 5.41) is 4.88. The van der Waals surface area contributed by atoms with E-state index in [1.807, 2.05) is 0 Å². The fourth-order valence-electron chi connectivity index (χ4n) is 0.862. The van der Waals surface area contributed by atoms with Crippen molar-refractivity contribution in [2.24, 2.45) is 5.14 Å². The van der Waals surface area contributed by atoms with Gasteiger partial charge in [-0.1, -0.05) is 15.9 Å². The molecule has 2 N–H and O–H groups in total. The Kier molecular flexibility index (Phi) is 3.05. The first-order valence-corrected chi connectivity index (χ1v) is 5.65. The van der Waals surface area contributed by atoms with E-state index in [1.54, 1.807) is 0 Å². The first-order valence-electron chi connectivity index (χ1n) is 3.32. The molecule has 0 bridgehead atoms. The van der Waals surface area contributed by atoms with E-state index in [9.17, 15) is 12.8 Å². The van der Waals surface area contributed by atoms with Crippen LogP contribution < -0.4 is 5.14 Å². The van der Waals surface area contributed by atoms with E-state index < -0.39 is 16.7 Å². The Morgan fingerprint density at radius 2 is 2.00 bits per heavy atom. The Bertz CT molecular complexity index is 419. The average molecular weight is 268 g/mol. The van der Waals surface area contributed by atoms with Gasteiger partial charge in [-0.25, -0.2) is 17.9 Å². The van der Waals surface area contributed by atoms with E-state index in [0.29, 0.717) is 4.47 Å². The van der Waals surface area contributed by atoms with Crippen LogP contribution in [-0.2, 0) is 16.7 Å². The predicted molar refractivity (Wildman–Crippen MR) is 50.3 cm³/mol. The molecule has 0 aliphatic carbocycles. The molecule has 0 aliphatic rings. The lowest BCUT2D eigenvalue weighted by Crippen LogP contribution is -2.12. The van der Waals surface area contributed by atoms with Crippen LogP contribution in [0.1, 0.15) is 5.56 Å². The van der Waals surface area contributed by atoms with Crippen molar-refractivity contribution in [2.45, 2.75) is 11.6 Å². The number of hydrogen-bond acceptors (Lipinski definition) is 2. The molecular formula is C7H7BrFNO2S. The highest BCUT2D eigenvalue weighted by Crippen LogP contribution is 2.19. The van der Waals surface area contributed by atoms with Gasteiger partial charge in [-0.05, 0) is 23.8 Å². The van der Waals surface area contributed by atoms with Crippen molar-refractivity contribution in [1.29, 1.82) is 0 Å². The van der Waals surface area contributed by atoms with Crippen LogP contribution >= 0.6 is 15.9 Å². The van der Waals surface area contributed by atoms with Crippen LogP contribution in [0.25, 0.3) is 0 Å². The minimum Gasteiger partial charge on any atom is -0.246 e. The number of hydrogen-bond donors (Lipinski definition) is 1. The van der Waals surface area contributed by atoms with E-state index in [4.69, 9.17) is 5.14 Å². The van der Waals surface area contributed by atoms with Gasteiger partial charge in [0.25, 0.3) is 0 Å². The topological polar surface area (TPSA) is 60.2 Å². The second-order valence-electron chi connectivity index (χ2n) is 2.47. The van der Waals surface area contributed by atoms with Crippen LogP contribution in [0.4, 0.5) is 4.39 Å². The van der Waals surface area contributed by atoms with Gasteiger partial charge in [0.1, 0.15) is 6.67 Å². The minimum absolute atomic E-state index is 0.0884. The van der Waals surface area contributed by atoms with Crippen molar-refractivity contribution in [3.8, 4) is 0 Å². The molecule has 1 aromatic carbocycles. The largest absolute Gasteiger partial charge is 0.246 e. The highest BCUT2D eigenvalue weighted by atomic mass is 79.9. The molecule has 0 aromatic heterocycles. The van der Waals surface area contributed by atoms with Crippen molar-refractivity contribution in [3.63, 3.8) is 0 Å². The number of alkyl halides is 1. The highest BCUT2D eigenvalue weighted by molar-refractivity contribution is 9.10. The minimum atomic E-state index is -3.75. The maximum absolute atomic E-state index is 12.2. The van der Waals surface area contributed by atoms with Crippen LogP contribution in [-0.4, -0.2) is 8.42 Å². The molecule has 0 atom stereocenters. The molecule has 0 aliphatic heterocycles. The zero-order chi connectivity index (χ0) is 10.1. The third kappa shape index (κ3) is 2.75. The predicted octanol–water partition coefficient (Wildman–Crippen LogP) is 1.57. The Balaban J connectivity index is 3.33. The van der Waals surface area contributed by atoms with Gasteiger partial charge >= 0.3 is 0 Å². The first-order chi connectivity index (χ1) is 5.93. The molecule has 0 saturated carbocycles. The van der Waals surface area contributed by atoms with Gasteiger partial charge < -0.3 is 0 Å². The van der Waals surface area contributed by atoms with Crippen LogP contribution in [0.5, 0.6) is 0 Å². The number of primary sulfonamides is 1. The summed E-state index contributed by atoms with van der Waals surface area (Å²) >= 11 is 3.06. The molecule has 13 heavy (non-hydrogen) atoms. The third-order valence-electron chi connectivity index (χ3n) is 1.41. The smallest absolute Gasteiger partial charge is 0.238 e. The molecule has 0 heterocycles. The van der Waals surface area contributed by atoms with Gasteiger partial charge in [-0.15, -0.1) is 0 Å². The summed E-state index contributed by atoms with van der Waals surface area (Å²) in [7, 11) is -3.75. The molecule has 0 saturated heterocycles. The van der Waals surface area contributed by atoms with E-state index in [-0.39, 0.29) is 10.5 Å². The SMILES string of the molecule is NS(=O)(=O)c1cc(Br)cc(CF)c1. The average Bonchev–Trinajstić information content (AvgIpc) is 2.01. The lowest BCUT2D eigenvalue weighted by molar-refractivity contribution is 0.484. The maximum Gasteiger partial charge on any atom is 0.238 e. The van der Waals surface area contributed by atoms with E-state index >= 15 is 0 Å². The zero-order valence-electron chi connectivity index (χ0n) is 6.50. The summed E-state index contributed by atoms with van der Waals surface area (Å²) in [6.07, 6.45) is 0. The highest BCUT2D eigenvalue weighted by Gasteiger charge is 2.09. The second-order valence-corrected chi connectivity index (χ2v) is 4.95. The first kappa shape index (κ1) is 10.6. The van der Waals surface area contributed by atoms with Crippen LogP contribution in [0.3, 0.4) is 0 Å².